The van der Waals surface area contributed by atoms with Gasteiger partial charge in [0.1, 0.15) is 0 Å². The van der Waals surface area contributed by atoms with Crippen molar-refractivity contribution in [2.45, 2.75) is 11.8 Å². The fraction of sp³-hybridized carbons (Fsp3) is 0.0952. The van der Waals surface area contributed by atoms with Crippen LogP contribution in [0.1, 0.15) is 15.9 Å². The molecule has 0 heterocycles. The van der Waals surface area contributed by atoms with Crippen LogP contribution in [0.25, 0.3) is 0 Å². The molecule has 3 aromatic rings. The molecule has 0 radical (unpaired) electrons. The van der Waals surface area contributed by atoms with Crippen molar-refractivity contribution < 1.29 is 21.6 Å². The van der Waals surface area contributed by atoms with E-state index >= 15 is 0 Å². The Bertz CT molecular complexity index is 1300. The average molecular weight is 460 g/mol. The summed E-state index contributed by atoms with van der Waals surface area (Å²) in [4.78, 5) is 12.6. The first-order valence-electron chi connectivity index (χ1n) is 9.11. The number of nitrogens with one attached hydrogen (secondary N) is 3. The molecule has 0 saturated heterocycles. The highest BCUT2D eigenvalue weighted by Gasteiger charge is 2.15. The average Bonchev–Trinajstić information content (AvgIpc) is 2.69. The minimum Gasteiger partial charge on any atom is -0.322 e. The summed E-state index contributed by atoms with van der Waals surface area (Å²) < 4.78 is 52.6. The van der Waals surface area contributed by atoms with E-state index in [2.05, 4.69) is 14.8 Å². The van der Waals surface area contributed by atoms with Crippen molar-refractivity contribution >= 4 is 43.0 Å². The van der Waals surface area contributed by atoms with Gasteiger partial charge in [0, 0.05) is 16.9 Å². The van der Waals surface area contributed by atoms with E-state index in [0.29, 0.717) is 28.2 Å². The van der Waals surface area contributed by atoms with Crippen molar-refractivity contribution in [2.24, 2.45) is 0 Å². The lowest BCUT2D eigenvalue weighted by Crippen LogP contribution is -2.15. The second kappa shape index (κ2) is 8.78. The summed E-state index contributed by atoms with van der Waals surface area (Å²) in [5.74, 6) is -0.410. The van der Waals surface area contributed by atoms with Crippen molar-refractivity contribution in [3.05, 3.63) is 83.9 Å². The van der Waals surface area contributed by atoms with Crippen LogP contribution in [-0.4, -0.2) is 29.0 Å². The number of para-hydroxylation sites is 1. The highest BCUT2D eigenvalue weighted by Crippen LogP contribution is 2.21. The summed E-state index contributed by atoms with van der Waals surface area (Å²) in [6.07, 6.45) is 1.05. The molecule has 0 spiro atoms. The Morgan fingerprint density at radius 3 is 2.00 bits per heavy atom. The third-order valence-corrected chi connectivity index (χ3v) is 6.22. The molecule has 8 nitrogen and oxygen atoms in total. The first-order chi connectivity index (χ1) is 14.5. The number of benzene rings is 3. The lowest BCUT2D eigenvalue weighted by Gasteiger charge is -2.11. The summed E-state index contributed by atoms with van der Waals surface area (Å²) in [6.45, 7) is 1.68. The lowest BCUT2D eigenvalue weighted by atomic mass is 10.1. The number of rotatable bonds is 7. The van der Waals surface area contributed by atoms with Gasteiger partial charge < -0.3 is 5.32 Å². The summed E-state index contributed by atoms with van der Waals surface area (Å²) in [7, 11) is -7.18. The molecule has 3 rings (SSSR count). The number of carbonyl (C=O) groups excluding carboxylic acids is 1. The molecule has 0 aliphatic rings. The van der Waals surface area contributed by atoms with Gasteiger partial charge in [-0.2, -0.15) is 0 Å². The largest absolute Gasteiger partial charge is 0.322 e. The molecule has 31 heavy (non-hydrogen) atoms. The van der Waals surface area contributed by atoms with Gasteiger partial charge in [0.2, 0.25) is 10.0 Å². The van der Waals surface area contributed by atoms with Crippen LogP contribution in [0, 0.1) is 6.92 Å². The third kappa shape index (κ3) is 6.06. The van der Waals surface area contributed by atoms with Crippen LogP contribution in [0.5, 0.6) is 0 Å². The van der Waals surface area contributed by atoms with Gasteiger partial charge in [-0.25, -0.2) is 16.8 Å². The number of amides is 1. The summed E-state index contributed by atoms with van der Waals surface area (Å²) in [6, 6.07) is 18.9. The van der Waals surface area contributed by atoms with Gasteiger partial charge in [0.05, 0.1) is 16.8 Å². The number of hydrogen-bond donors (Lipinski definition) is 3. The second-order valence-corrected chi connectivity index (χ2v) is 10.3. The molecule has 0 fully saturated rings. The Balaban J connectivity index is 1.71. The zero-order valence-electron chi connectivity index (χ0n) is 16.8. The molecule has 0 aliphatic carbocycles. The van der Waals surface area contributed by atoms with Crippen LogP contribution in [-0.2, 0) is 20.0 Å². The Morgan fingerprint density at radius 2 is 1.42 bits per heavy atom. The topological polar surface area (TPSA) is 121 Å². The molecular formula is C21H21N3O5S2. The van der Waals surface area contributed by atoms with Gasteiger partial charge in [-0.3, -0.25) is 14.2 Å². The lowest BCUT2D eigenvalue weighted by molar-refractivity contribution is 0.102. The summed E-state index contributed by atoms with van der Waals surface area (Å²) in [5, 5.41) is 2.69. The molecule has 1 amide bonds. The smallest absolute Gasteiger partial charge is 0.261 e. The number of aryl methyl sites for hydroxylation is 1. The van der Waals surface area contributed by atoms with E-state index in [0.717, 1.165) is 6.26 Å². The minimum atomic E-state index is -3.75. The second-order valence-electron chi connectivity index (χ2n) is 6.85. The Kier molecular flexibility index (Phi) is 6.32. The molecule has 10 heteroatoms. The van der Waals surface area contributed by atoms with E-state index in [4.69, 9.17) is 0 Å². The number of anilines is 3. The third-order valence-electron chi connectivity index (χ3n) is 4.23. The van der Waals surface area contributed by atoms with E-state index in [1.54, 1.807) is 43.3 Å². The maximum Gasteiger partial charge on any atom is 0.261 e. The molecule has 0 unspecified atom stereocenters. The van der Waals surface area contributed by atoms with Crippen molar-refractivity contribution in [3.63, 3.8) is 0 Å². The molecule has 0 atom stereocenters. The van der Waals surface area contributed by atoms with Gasteiger partial charge in [0.25, 0.3) is 15.9 Å². The maximum absolute atomic E-state index is 12.5. The van der Waals surface area contributed by atoms with Crippen LogP contribution in [0.15, 0.2) is 77.7 Å². The normalized spacial score (nSPS) is 11.5. The highest BCUT2D eigenvalue weighted by molar-refractivity contribution is 7.92. The molecule has 3 aromatic carbocycles. The zero-order valence-corrected chi connectivity index (χ0v) is 18.4. The predicted molar refractivity (Wildman–Crippen MR) is 121 cm³/mol. The van der Waals surface area contributed by atoms with Gasteiger partial charge in [-0.05, 0) is 67.1 Å². The van der Waals surface area contributed by atoms with E-state index in [1.165, 1.54) is 36.4 Å². The van der Waals surface area contributed by atoms with Crippen LogP contribution < -0.4 is 14.8 Å². The number of carbonyl (C=O) groups is 1. The maximum atomic E-state index is 12.5. The molecule has 0 aliphatic heterocycles. The highest BCUT2D eigenvalue weighted by atomic mass is 32.2. The van der Waals surface area contributed by atoms with Crippen LogP contribution in [0.4, 0.5) is 17.1 Å². The van der Waals surface area contributed by atoms with E-state index in [1.807, 2.05) is 0 Å². The fourth-order valence-electron chi connectivity index (χ4n) is 2.76. The van der Waals surface area contributed by atoms with Crippen molar-refractivity contribution in [3.8, 4) is 0 Å². The van der Waals surface area contributed by atoms with E-state index < -0.39 is 26.0 Å². The Labute approximate surface area is 181 Å². The van der Waals surface area contributed by atoms with Crippen molar-refractivity contribution in [1.29, 1.82) is 0 Å². The quantitative estimate of drug-likeness (QED) is 0.500. The van der Waals surface area contributed by atoms with E-state index in [9.17, 15) is 21.6 Å². The summed E-state index contributed by atoms with van der Waals surface area (Å²) in [5.41, 5.74) is 2.17. The van der Waals surface area contributed by atoms with Crippen molar-refractivity contribution in [2.75, 3.05) is 21.0 Å². The minimum absolute atomic E-state index is 0.0569. The van der Waals surface area contributed by atoms with Crippen LogP contribution in [0.3, 0.4) is 0 Å². The number of sulfonamides is 2. The molecule has 3 N–H and O–H groups in total. The Morgan fingerprint density at radius 1 is 0.774 bits per heavy atom. The van der Waals surface area contributed by atoms with Gasteiger partial charge in [-0.1, -0.05) is 18.2 Å². The Hall–Kier alpha value is -3.37. The monoisotopic (exact) mass is 459 g/mol. The van der Waals surface area contributed by atoms with Crippen molar-refractivity contribution in [1.82, 2.24) is 0 Å². The molecule has 0 bridgehead atoms. The van der Waals surface area contributed by atoms with Gasteiger partial charge in [0.15, 0.2) is 0 Å². The van der Waals surface area contributed by atoms with Gasteiger partial charge >= 0.3 is 0 Å². The number of hydrogen-bond acceptors (Lipinski definition) is 5. The summed E-state index contributed by atoms with van der Waals surface area (Å²) >= 11 is 0. The van der Waals surface area contributed by atoms with Crippen LogP contribution >= 0.6 is 0 Å². The molecule has 0 saturated carbocycles. The molecule has 162 valence electrons. The molecular weight excluding hydrogens is 438 g/mol. The SMILES string of the molecule is Cc1cc(C(=O)Nc2ccc(S(=O)(=O)Nc3ccccc3)cc2)ccc1NS(C)(=O)=O. The first kappa shape index (κ1) is 22.3. The first-order valence-corrected chi connectivity index (χ1v) is 12.5. The fourth-order valence-corrected chi connectivity index (χ4v) is 4.45. The predicted octanol–water partition coefficient (Wildman–Crippen LogP) is 3.42. The van der Waals surface area contributed by atoms with E-state index in [-0.39, 0.29) is 4.90 Å². The van der Waals surface area contributed by atoms with Crippen LogP contribution in [0.2, 0.25) is 0 Å². The van der Waals surface area contributed by atoms with Gasteiger partial charge in [-0.15, -0.1) is 0 Å². The zero-order chi connectivity index (χ0) is 22.6. The molecule has 0 aromatic heterocycles. The standard InChI is InChI=1S/C21H21N3O5S2/c1-15-14-16(8-13-20(15)24-30(2,26)27)21(25)22-17-9-11-19(12-10-17)31(28,29)23-18-6-4-3-5-7-18/h3-14,23-24H,1-2H3,(H,22,25).